The van der Waals surface area contributed by atoms with Crippen molar-refractivity contribution >= 4 is 27.5 Å². The molecule has 0 spiro atoms. The van der Waals surface area contributed by atoms with E-state index in [1.165, 1.54) is 0 Å². The van der Waals surface area contributed by atoms with Crippen molar-refractivity contribution in [3.8, 4) is 11.5 Å². The Morgan fingerprint density at radius 1 is 1.33 bits per heavy atom. The minimum Gasteiger partial charge on any atom is -0.493 e. The summed E-state index contributed by atoms with van der Waals surface area (Å²) in [5.41, 5.74) is 0.934. The first-order valence-electron chi connectivity index (χ1n) is 6.38. The maximum atomic E-state index is 12.2. The molecular weight excluding hydrogens is 336 g/mol. The van der Waals surface area contributed by atoms with Crippen molar-refractivity contribution in [1.29, 1.82) is 0 Å². The molecule has 0 saturated carbocycles. The highest BCUT2D eigenvalue weighted by Crippen LogP contribution is 2.30. The van der Waals surface area contributed by atoms with Crippen LogP contribution in [0.3, 0.4) is 0 Å². The minimum absolute atomic E-state index is 0.298. The van der Waals surface area contributed by atoms with Crippen molar-refractivity contribution in [1.82, 2.24) is 4.98 Å². The zero-order valence-electron chi connectivity index (χ0n) is 11.7. The quantitative estimate of drug-likeness (QED) is 0.896. The third-order valence-electron chi connectivity index (χ3n) is 2.69. The summed E-state index contributed by atoms with van der Waals surface area (Å²) in [4.78, 5) is 16.2. The smallest absolute Gasteiger partial charge is 0.275 e. The van der Waals surface area contributed by atoms with Gasteiger partial charge >= 0.3 is 0 Å². The number of nitrogens with one attached hydrogen (secondary N) is 1. The molecule has 0 atom stereocenters. The molecule has 1 N–H and O–H groups in total. The molecule has 110 valence electrons. The highest BCUT2D eigenvalue weighted by molar-refractivity contribution is 9.10. The number of aromatic nitrogens is 1. The number of nitrogens with zero attached hydrogens (tertiary/aromatic N) is 1. The number of amides is 1. The third kappa shape index (κ3) is 3.72. The lowest BCUT2D eigenvalue weighted by molar-refractivity contribution is 0.102. The van der Waals surface area contributed by atoms with Crippen molar-refractivity contribution in [2.45, 2.75) is 6.92 Å². The number of benzene rings is 1. The number of anilines is 1. The van der Waals surface area contributed by atoms with E-state index in [0.29, 0.717) is 34.0 Å². The Kier molecular flexibility index (Phi) is 5.16. The molecule has 2 rings (SSSR count). The number of ether oxygens (including phenoxy) is 2. The van der Waals surface area contributed by atoms with E-state index in [2.05, 4.69) is 26.2 Å². The van der Waals surface area contributed by atoms with E-state index in [9.17, 15) is 4.79 Å². The molecule has 6 heteroatoms. The molecule has 0 unspecified atom stereocenters. The topological polar surface area (TPSA) is 60.5 Å². The molecule has 1 heterocycles. The number of methoxy groups -OCH3 is 1. The van der Waals surface area contributed by atoms with E-state index in [1.807, 2.05) is 6.92 Å². The van der Waals surface area contributed by atoms with Gasteiger partial charge in [-0.3, -0.25) is 4.79 Å². The molecule has 21 heavy (non-hydrogen) atoms. The van der Waals surface area contributed by atoms with Crippen molar-refractivity contribution in [3.05, 3.63) is 46.7 Å². The second kappa shape index (κ2) is 7.08. The van der Waals surface area contributed by atoms with Gasteiger partial charge in [0.15, 0.2) is 11.5 Å². The number of pyridine rings is 1. The summed E-state index contributed by atoms with van der Waals surface area (Å²) < 4.78 is 11.3. The highest BCUT2D eigenvalue weighted by Gasteiger charge is 2.13. The second-order valence-electron chi connectivity index (χ2n) is 4.09. The predicted molar refractivity (Wildman–Crippen MR) is 84.1 cm³/mol. The highest BCUT2D eigenvalue weighted by atomic mass is 79.9. The largest absolute Gasteiger partial charge is 0.493 e. The van der Waals surface area contributed by atoms with Gasteiger partial charge < -0.3 is 14.8 Å². The van der Waals surface area contributed by atoms with Crippen LogP contribution in [0.1, 0.15) is 17.4 Å². The first-order chi connectivity index (χ1) is 10.2. The predicted octanol–water partition coefficient (Wildman–Crippen LogP) is 3.50. The summed E-state index contributed by atoms with van der Waals surface area (Å²) in [6.45, 7) is 2.44. The van der Waals surface area contributed by atoms with Crippen LogP contribution >= 0.6 is 15.9 Å². The van der Waals surface area contributed by atoms with E-state index in [4.69, 9.17) is 9.47 Å². The summed E-state index contributed by atoms with van der Waals surface area (Å²) in [5.74, 6) is 0.903. The normalized spacial score (nSPS) is 10.0. The molecule has 1 aromatic carbocycles. The SMILES string of the molecule is CCOc1ccc(NC(=O)c2ncccc2Br)cc1OC. The fraction of sp³-hybridized carbons (Fsp3) is 0.200. The van der Waals surface area contributed by atoms with Crippen LogP contribution in [0.15, 0.2) is 41.0 Å². The van der Waals surface area contributed by atoms with Gasteiger partial charge in [0, 0.05) is 22.4 Å². The Bertz CT molecular complexity index is 647. The molecule has 0 bridgehead atoms. The lowest BCUT2D eigenvalue weighted by Crippen LogP contribution is -2.14. The first-order valence-corrected chi connectivity index (χ1v) is 7.17. The molecule has 0 radical (unpaired) electrons. The number of hydrogen-bond acceptors (Lipinski definition) is 4. The Labute approximate surface area is 131 Å². The lowest BCUT2D eigenvalue weighted by Gasteiger charge is -2.11. The Balaban J connectivity index is 2.20. The van der Waals surface area contributed by atoms with E-state index in [-0.39, 0.29) is 5.91 Å². The summed E-state index contributed by atoms with van der Waals surface area (Å²) >= 11 is 3.30. The number of halogens is 1. The van der Waals surface area contributed by atoms with Crippen LogP contribution in [0.2, 0.25) is 0 Å². The molecule has 0 aliphatic rings. The molecule has 1 aromatic heterocycles. The average Bonchev–Trinajstić information content (AvgIpc) is 2.49. The molecule has 2 aromatic rings. The van der Waals surface area contributed by atoms with Crippen molar-refractivity contribution in [3.63, 3.8) is 0 Å². The summed E-state index contributed by atoms with van der Waals surface area (Å²) in [6, 6.07) is 8.73. The van der Waals surface area contributed by atoms with Gasteiger partial charge in [-0.15, -0.1) is 0 Å². The monoisotopic (exact) mass is 350 g/mol. The average molecular weight is 351 g/mol. The Morgan fingerprint density at radius 2 is 2.14 bits per heavy atom. The summed E-state index contributed by atoms with van der Waals surface area (Å²) in [7, 11) is 1.55. The number of carbonyl (C=O) groups excluding carboxylic acids is 1. The standard InChI is InChI=1S/C15H15BrN2O3/c1-3-21-12-7-6-10(9-13(12)20-2)18-15(19)14-11(16)5-4-8-17-14/h4-9H,3H2,1-2H3,(H,18,19). The molecule has 1 amide bonds. The van der Waals surface area contributed by atoms with Gasteiger partial charge in [-0.1, -0.05) is 0 Å². The molecule has 0 fully saturated rings. The van der Waals surface area contributed by atoms with E-state index < -0.39 is 0 Å². The number of carbonyl (C=O) groups is 1. The first kappa shape index (κ1) is 15.3. The maximum absolute atomic E-state index is 12.2. The fourth-order valence-corrected chi connectivity index (χ4v) is 2.20. The van der Waals surface area contributed by atoms with Gasteiger partial charge in [0.25, 0.3) is 5.91 Å². The fourth-order valence-electron chi connectivity index (χ4n) is 1.76. The van der Waals surface area contributed by atoms with Crippen LogP contribution in [-0.2, 0) is 0 Å². The minimum atomic E-state index is -0.298. The number of rotatable bonds is 5. The molecular formula is C15H15BrN2O3. The lowest BCUT2D eigenvalue weighted by atomic mass is 10.2. The van der Waals surface area contributed by atoms with Gasteiger partial charge in [0.1, 0.15) is 5.69 Å². The van der Waals surface area contributed by atoms with Crippen molar-refractivity contribution in [2.24, 2.45) is 0 Å². The number of hydrogen-bond donors (Lipinski definition) is 1. The molecule has 0 aliphatic carbocycles. The maximum Gasteiger partial charge on any atom is 0.275 e. The second-order valence-corrected chi connectivity index (χ2v) is 4.94. The van der Waals surface area contributed by atoms with Crippen molar-refractivity contribution < 1.29 is 14.3 Å². The zero-order valence-corrected chi connectivity index (χ0v) is 13.3. The third-order valence-corrected chi connectivity index (χ3v) is 3.33. The molecule has 0 saturated heterocycles. The van der Waals surface area contributed by atoms with Crippen LogP contribution in [-0.4, -0.2) is 24.6 Å². The van der Waals surface area contributed by atoms with Crippen LogP contribution in [0.4, 0.5) is 5.69 Å². The Morgan fingerprint density at radius 3 is 2.81 bits per heavy atom. The van der Waals surface area contributed by atoms with E-state index >= 15 is 0 Å². The van der Waals surface area contributed by atoms with E-state index in [1.54, 1.807) is 43.6 Å². The van der Waals surface area contributed by atoms with Crippen LogP contribution in [0.25, 0.3) is 0 Å². The van der Waals surface area contributed by atoms with Gasteiger partial charge in [0.2, 0.25) is 0 Å². The summed E-state index contributed by atoms with van der Waals surface area (Å²) in [5, 5.41) is 2.78. The van der Waals surface area contributed by atoms with Gasteiger partial charge in [-0.05, 0) is 47.1 Å². The summed E-state index contributed by atoms with van der Waals surface area (Å²) in [6.07, 6.45) is 1.57. The van der Waals surface area contributed by atoms with Gasteiger partial charge in [-0.25, -0.2) is 4.98 Å². The van der Waals surface area contributed by atoms with Crippen LogP contribution < -0.4 is 14.8 Å². The Hall–Kier alpha value is -2.08. The molecule has 0 aliphatic heterocycles. The van der Waals surface area contributed by atoms with Crippen LogP contribution in [0, 0.1) is 0 Å². The van der Waals surface area contributed by atoms with Gasteiger partial charge in [0.05, 0.1) is 13.7 Å². The van der Waals surface area contributed by atoms with Gasteiger partial charge in [-0.2, -0.15) is 0 Å². The van der Waals surface area contributed by atoms with E-state index in [0.717, 1.165) is 0 Å². The van der Waals surface area contributed by atoms with Crippen LogP contribution in [0.5, 0.6) is 11.5 Å². The zero-order chi connectivity index (χ0) is 15.2. The van der Waals surface area contributed by atoms with Crippen molar-refractivity contribution in [2.75, 3.05) is 19.0 Å². The molecule has 5 nitrogen and oxygen atoms in total.